The van der Waals surface area contributed by atoms with E-state index in [9.17, 15) is 4.79 Å². The molecule has 3 rings (SSSR count). The van der Waals surface area contributed by atoms with E-state index in [0.717, 1.165) is 12.8 Å². The molecule has 17 heavy (non-hydrogen) atoms. The topological polar surface area (TPSA) is 89.6 Å². The Morgan fingerprint density at radius 1 is 1.35 bits per heavy atom. The number of nitrogen functional groups attached to an aromatic ring is 1. The van der Waals surface area contributed by atoms with Crippen molar-refractivity contribution < 1.29 is 0 Å². The highest BCUT2D eigenvalue weighted by atomic mass is 16.1. The van der Waals surface area contributed by atoms with E-state index in [2.05, 4.69) is 15.1 Å². The van der Waals surface area contributed by atoms with Crippen molar-refractivity contribution in [3.63, 3.8) is 0 Å². The highest BCUT2D eigenvalue weighted by Crippen LogP contribution is 2.30. The Morgan fingerprint density at radius 2 is 2.12 bits per heavy atom. The van der Waals surface area contributed by atoms with Gasteiger partial charge in [0.05, 0.1) is 12.4 Å². The average Bonchev–Trinajstić information content (AvgIpc) is 2.69. The van der Waals surface area contributed by atoms with Gasteiger partial charge in [0.25, 0.3) is 5.56 Å². The van der Waals surface area contributed by atoms with Crippen molar-refractivity contribution in [2.24, 2.45) is 0 Å². The average molecular weight is 233 g/mol. The van der Waals surface area contributed by atoms with Crippen molar-refractivity contribution in [1.29, 1.82) is 0 Å². The largest absolute Gasteiger partial charge is 0.381 e. The molecule has 0 unspecified atom stereocenters. The molecule has 6 nitrogen and oxygen atoms in total. The van der Waals surface area contributed by atoms with Gasteiger partial charge in [-0.1, -0.05) is 19.3 Å². The molecule has 0 amide bonds. The molecule has 2 aromatic heterocycles. The number of hydrogen-bond donors (Lipinski definition) is 2. The Balaban J connectivity index is 2.17. The second-order valence-electron chi connectivity index (χ2n) is 4.55. The minimum absolute atomic E-state index is 0.213. The van der Waals surface area contributed by atoms with Crippen LogP contribution in [0.2, 0.25) is 0 Å². The van der Waals surface area contributed by atoms with E-state index in [-0.39, 0.29) is 11.4 Å². The molecule has 0 atom stereocenters. The maximum atomic E-state index is 11.7. The van der Waals surface area contributed by atoms with Crippen LogP contribution in [0, 0.1) is 0 Å². The maximum Gasteiger partial charge on any atom is 0.264 e. The second-order valence-corrected chi connectivity index (χ2v) is 4.55. The van der Waals surface area contributed by atoms with Crippen LogP contribution in [-0.4, -0.2) is 19.7 Å². The summed E-state index contributed by atoms with van der Waals surface area (Å²) in [6.07, 6.45) is 7.27. The van der Waals surface area contributed by atoms with E-state index in [4.69, 9.17) is 5.73 Å². The molecule has 0 spiro atoms. The fourth-order valence-corrected chi connectivity index (χ4v) is 2.59. The molecule has 0 saturated heterocycles. The van der Waals surface area contributed by atoms with E-state index in [1.54, 1.807) is 0 Å². The van der Waals surface area contributed by atoms with Crippen molar-refractivity contribution in [2.75, 3.05) is 5.73 Å². The van der Waals surface area contributed by atoms with Crippen LogP contribution in [0.1, 0.15) is 38.1 Å². The molecule has 0 radical (unpaired) electrons. The fraction of sp³-hybridized carbons (Fsp3) is 0.545. The molecule has 90 valence electrons. The van der Waals surface area contributed by atoms with Crippen LogP contribution in [0.3, 0.4) is 0 Å². The number of aromatic amines is 1. The first kappa shape index (κ1) is 10.3. The van der Waals surface area contributed by atoms with Gasteiger partial charge in [-0.3, -0.25) is 4.79 Å². The molecule has 1 aliphatic carbocycles. The summed E-state index contributed by atoms with van der Waals surface area (Å²) >= 11 is 0. The van der Waals surface area contributed by atoms with Gasteiger partial charge in [0.1, 0.15) is 5.39 Å². The predicted octanol–water partition coefficient (Wildman–Crippen LogP) is 1.21. The lowest BCUT2D eigenvalue weighted by atomic mass is 9.96. The summed E-state index contributed by atoms with van der Waals surface area (Å²) in [6, 6.07) is 0.331. The third-order valence-corrected chi connectivity index (χ3v) is 3.44. The first-order valence-electron chi connectivity index (χ1n) is 5.99. The normalized spacial score (nSPS) is 17.6. The highest BCUT2D eigenvalue weighted by molar-refractivity contribution is 5.85. The zero-order valence-electron chi connectivity index (χ0n) is 9.52. The molecule has 1 saturated carbocycles. The van der Waals surface area contributed by atoms with Crippen LogP contribution in [0.5, 0.6) is 0 Å². The van der Waals surface area contributed by atoms with Crippen molar-refractivity contribution in [3.8, 4) is 0 Å². The van der Waals surface area contributed by atoms with Gasteiger partial charge in [-0.15, -0.1) is 0 Å². The quantitative estimate of drug-likeness (QED) is 0.774. The number of hydrogen-bond acceptors (Lipinski definition) is 4. The molecule has 0 bridgehead atoms. The Labute approximate surface area is 97.8 Å². The Bertz CT molecular complexity index is 593. The summed E-state index contributed by atoms with van der Waals surface area (Å²) in [6.45, 7) is 0. The maximum absolute atomic E-state index is 11.7. The van der Waals surface area contributed by atoms with Crippen molar-refractivity contribution in [3.05, 3.63) is 16.7 Å². The van der Waals surface area contributed by atoms with Crippen LogP contribution < -0.4 is 11.3 Å². The van der Waals surface area contributed by atoms with Crippen molar-refractivity contribution >= 4 is 16.9 Å². The monoisotopic (exact) mass is 233 g/mol. The molecule has 2 heterocycles. The highest BCUT2D eigenvalue weighted by Gasteiger charge is 2.21. The van der Waals surface area contributed by atoms with Gasteiger partial charge >= 0.3 is 0 Å². The second kappa shape index (κ2) is 3.87. The van der Waals surface area contributed by atoms with Gasteiger partial charge in [0.15, 0.2) is 11.5 Å². The minimum atomic E-state index is -0.213. The molecular weight excluding hydrogens is 218 g/mol. The number of nitrogens with two attached hydrogens (primary N) is 1. The third-order valence-electron chi connectivity index (χ3n) is 3.44. The number of rotatable bonds is 1. The fourth-order valence-electron chi connectivity index (χ4n) is 2.59. The molecule has 1 fully saturated rings. The number of nitrogens with zero attached hydrogens (tertiary/aromatic N) is 3. The lowest BCUT2D eigenvalue weighted by molar-refractivity contribution is 0.336. The SMILES string of the molecule is Nc1nn(C2CCCCC2)c2nc[nH]c(=O)c12. The van der Waals surface area contributed by atoms with E-state index in [1.165, 1.54) is 25.6 Å². The minimum Gasteiger partial charge on any atom is -0.381 e. The van der Waals surface area contributed by atoms with E-state index < -0.39 is 0 Å². The number of H-pyrrole nitrogens is 1. The van der Waals surface area contributed by atoms with E-state index >= 15 is 0 Å². The van der Waals surface area contributed by atoms with Crippen molar-refractivity contribution in [2.45, 2.75) is 38.1 Å². The van der Waals surface area contributed by atoms with Crippen LogP contribution in [0.15, 0.2) is 11.1 Å². The number of aromatic nitrogens is 4. The van der Waals surface area contributed by atoms with Crippen LogP contribution in [-0.2, 0) is 0 Å². The van der Waals surface area contributed by atoms with Gasteiger partial charge < -0.3 is 10.7 Å². The van der Waals surface area contributed by atoms with Gasteiger partial charge in [0.2, 0.25) is 0 Å². The van der Waals surface area contributed by atoms with Crippen LogP contribution in [0.4, 0.5) is 5.82 Å². The summed E-state index contributed by atoms with van der Waals surface area (Å²) in [7, 11) is 0. The van der Waals surface area contributed by atoms with Gasteiger partial charge in [0, 0.05) is 0 Å². The summed E-state index contributed by atoms with van der Waals surface area (Å²) in [4.78, 5) is 18.4. The van der Waals surface area contributed by atoms with Crippen LogP contribution in [0.25, 0.3) is 11.0 Å². The standard InChI is InChI=1S/C11H15N5O/c12-9-8-10(13-6-14-11(8)17)16(15-9)7-4-2-1-3-5-7/h6-7H,1-5H2,(H2,12,15)(H,13,14,17). The zero-order valence-corrected chi connectivity index (χ0v) is 9.52. The predicted molar refractivity (Wildman–Crippen MR) is 64.7 cm³/mol. The number of fused-ring (bicyclic) bond motifs is 1. The zero-order chi connectivity index (χ0) is 11.8. The molecule has 1 aliphatic rings. The summed E-state index contributed by atoms with van der Waals surface area (Å²) in [5, 5.41) is 4.70. The van der Waals surface area contributed by atoms with Crippen LogP contribution >= 0.6 is 0 Å². The Kier molecular flexibility index (Phi) is 2.35. The van der Waals surface area contributed by atoms with E-state index in [0.29, 0.717) is 17.1 Å². The molecule has 6 heteroatoms. The summed E-state index contributed by atoms with van der Waals surface area (Å²) < 4.78 is 1.83. The molecule has 3 N–H and O–H groups in total. The molecule has 0 aliphatic heterocycles. The summed E-state index contributed by atoms with van der Waals surface area (Å²) in [5.74, 6) is 0.278. The number of nitrogens with one attached hydrogen (secondary N) is 1. The Hall–Kier alpha value is -1.85. The van der Waals surface area contributed by atoms with Gasteiger partial charge in [-0.2, -0.15) is 5.10 Å². The Morgan fingerprint density at radius 3 is 2.88 bits per heavy atom. The smallest absolute Gasteiger partial charge is 0.264 e. The van der Waals surface area contributed by atoms with Crippen molar-refractivity contribution in [1.82, 2.24) is 19.7 Å². The first-order chi connectivity index (χ1) is 8.27. The lowest BCUT2D eigenvalue weighted by Gasteiger charge is -2.21. The lowest BCUT2D eigenvalue weighted by Crippen LogP contribution is -2.15. The van der Waals surface area contributed by atoms with E-state index in [1.807, 2.05) is 4.68 Å². The molecule has 2 aromatic rings. The number of anilines is 1. The van der Waals surface area contributed by atoms with Gasteiger partial charge in [-0.25, -0.2) is 9.67 Å². The third kappa shape index (κ3) is 1.60. The molecular formula is C11H15N5O. The summed E-state index contributed by atoms with van der Waals surface area (Å²) in [5.41, 5.74) is 6.19. The van der Waals surface area contributed by atoms with Gasteiger partial charge in [-0.05, 0) is 12.8 Å². The first-order valence-corrected chi connectivity index (χ1v) is 5.99. The molecule has 0 aromatic carbocycles.